The molecule has 1 N–H and O–H groups in total. The SMILES string of the molecule is COc1cccc(NC(=O)N(Cc2ccc(OC)c(OS(C)(=O)=O)c2)Cc2ccco2)c1. The normalized spacial score (nSPS) is 11.0. The Labute approximate surface area is 186 Å². The van der Waals surface area contributed by atoms with E-state index in [1.165, 1.54) is 24.3 Å². The highest BCUT2D eigenvalue weighted by Crippen LogP contribution is 2.30. The highest BCUT2D eigenvalue weighted by atomic mass is 32.2. The Morgan fingerprint density at radius 1 is 1.00 bits per heavy atom. The van der Waals surface area contributed by atoms with Crippen LogP contribution >= 0.6 is 0 Å². The molecule has 0 saturated carbocycles. The lowest BCUT2D eigenvalue weighted by Gasteiger charge is -2.23. The number of methoxy groups -OCH3 is 2. The molecule has 0 radical (unpaired) electrons. The predicted molar refractivity (Wildman–Crippen MR) is 118 cm³/mol. The summed E-state index contributed by atoms with van der Waals surface area (Å²) in [5.41, 5.74) is 1.20. The van der Waals surface area contributed by atoms with Crippen molar-refractivity contribution in [2.45, 2.75) is 13.1 Å². The Kier molecular flexibility index (Phi) is 7.26. The van der Waals surface area contributed by atoms with Gasteiger partial charge < -0.3 is 28.3 Å². The highest BCUT2D eigenvalue weighted by molar-refractivity contribution is 7.86. The third-order valence-electron chi connectivity index (χ3n) is 4.38. The van der Waals surface area contributed by atoms with E-state index in [4.69, 9.17) is 18.1 Å². The molecule has 0 spiro atoms. The number of furan rings is 1. The van der Waals surface area contributed by atoms with E-state index in [1.807, 2.05) is 0 Å². The van der Waals surface area contributed by atoms with Crippen molar-refractivity contribution in [1.82, 2.24) is 4.90 Å². The van der Waals surface area contributed by atoms with Crippen LogP contribution in [0, 0.1) is 0 Å². The van der Waals surface area contributed by atoms with Gasteiger partial charge in [-0.25, -0.2) is 4.79 Å². The summed E-state index contributed by atoms with van der Waals surface area (Å²) in [5.74, 6) is 1.50. The number of rotatable bonds is 9. The zero-order valence-corrected chi connectivity index (χ0v) is 18.7. The summed E-state index contributed by atoms with van der Waals surface area (Å²) in [4.78, 5) is 14.6. The van der Waals surface area contributed by atoms with Gasteiger partial charge in [0.05, 0.1) is 33.3 Å². The van der Waals surface area contributed by atoms with Crippen LogP contribution in [0.3, 0.4) is 0 Å². The van der Waals surface area contributed by atoms with Crippen molar-refractivity contribution < 1.29 is 31.3 Å². The monoisotopic (exact) mass is 460 g/mol. The lowest BCUT2D eigenvalue weighted by atomic mass is 10.2. The summed E-state index contributed by atoms with van der Waals surface area (Å²) >= 11 is 0. The first-order valence-corrected chi connectivity index (χ1v) is 11.4. The van der Waals surface area contributed by atoms with Crippen molar-refractivity contribution in [3.05, 3.63) is 72.2 Å². The molecule has 32 heavy (non-hydrogen) atoms. The van der Waals surface area contributed by atoms with Crippen molar-refractivity contribution in [3.8, 4) is 17.2 Å². The molecule has 0 unspecified atom stereocenters. The second kappa shape index (κ2) is 10.1. The van der Waals surface area contributed by atoms with E-state index in [-0.39, 0.29) is 30.6 Å². The summed E-state index contributed by atoms with van der Waals surface area (Å²) in [6.07, 6.45) is 2.48. The van der Waals surface area contributed by atoms with Crippen LogP contribution in [0.2, 0.25) is 0 Å². The highest BCUT2D eigenvalue weighted by Gasteiger charge is 2.19. The standard InChI is InChI=1S/C22H24N2O7S/c1-28-18-7-4-6-17(13-18)23-22(25)24(15-19-8-5-11-30-19)14-16-9-10-20(29-2)21(12-16)31-32(3,26)27/h4-13H,14-15H2,1-3H3,(H,23,25). The third kappa shape index (κ3) is 6.42. The third-order valence-corrected chi connectivity index (χ3v) is 4.86. The first-order chi connectivity index (χ1) is 15.3. The molecule has 0 fully saturated rings. The van der Waals surface area contributed by atoms with Gasteiger partial charge in [-0.3, -0.25) is 0 Å². The Morgan fingerprint density at radius 2 is 1.81 bits per heavy atom. The topological polar surface area (TPSA) is 107 Å². The van der Waals surface area contributed by atoms with Crippen molar-refractivity contribution in [2.24, 2.45) is 0 Å². The van der Waals surface area contributed by atoms with Crippen LogP contribution in [0.1, 0.15) is 11.3 Å². The summed E-state index contributed by atoms with van der Waals surface area (Å²) in [5, 5.41) is 2.84. The second-order valence-electron chi connectivity index (χ2n) is 6.87. The van der Waals surface area contributed by atoms with Gasteiger partial charge in [0.25, 0.3) is 0 Å². The van der Waals surface area contributed by atoms with Gasteiger partial charge in [-0.2, -0.15) is 8.42 Å². The number of anilines is 1. The largest absolute Gasteiger partial charge is 0.497 e. The summed E-state index contributed by atoms with van der Waals surface area (Å²) in [7, 11) is -0.802. The fraction of sp³-hybridized carbons (Fsp3) is 0.227. The molecule has 0 bridgehead atoms. The van der Waals surface area contributed by atoms with E-state index in [9.17, 15) is 13.2 Å². The minimum Gasteiger partial charge on any atom is -0.497 e. The van der Waals surface area contributed by atoms with E-state index in [1.54, 1.807) is 55.6 Å². The van der Waals surface area contributed by atoms with Crippen LogP contribution in [0.15, 0.2) is 65.3 Å². The average Bonchev–Trinajstić information content (AvgIpc) is 3.25. The van der Waals surface area contributed by atoms with Gasteiger partial charge in [0.1, 0.15) is 11.5 Å². The molecule has 1 heterocycles. The smallest absolute Gasteiger partial charge is 0.322 e. The van der Waals surface area contributed by atoms with Gasteiger partial charge in [-0.15, -0.1) is 0 Å². The van der Waals surface area contributed by atoms with Crippen LogP contribution in [-0.2, 0) is 23.2 Å². The summed E-state index contributed by atoms with van der Waals surface area (Å²) < 4.78 is 44.0. The average molecular weight is 461 g/mol. The molecule has 3 aromatic rings. The lowest BCUT2D eigenvalue weighted by molar-refractivity contribution is 0.201. The molecule has 0 aliphatic carbocycles. The first-order valence-electron chi connectivity index (χ1n) is 9.56. The molecule has 2 aromatic carbocycles. The van der Waals surface area contributed by atoms with E-state index in [0.29, 0.717) is 22.8 Å². The van der Waals surface area contributed by atoms with Crippen molar-refractivity contribution in [2.75, 3.05) is 25.8 Å². The van der Waals surface area contributed by atoms with Crippen LogP contribution in [0.25, 0.3) is 0 Å². The maximum atomic E-state index is 13.1. The number of nitrogens with zero attached hydrogens (tertiary/aromatic N) is 1. The number of carbonyl (C=O) groups excluding carboxylic acids is 1. The van der Waals surface area contributed by atoms with Gasteiger partial charge in [-0.1, -0.05) is 12.1 Å². The van der Waals surface area contributed by atoms with Gasteiger partial charge in [0, 0.05) is 18.3 Å². The molecule has 0 atom stereocenters. The molecule has 170 valence electrons. The zero-order chi connectivity index (χ0) is 23.1. The Bertz CT molecular complexity index is 1160. The molecular formula is C22H24N2O7S. The van der Waals surface area contributed by atoms with Gasteiger partial charge in [-0.05, 0) is 42.0 Å². The fourth-order valence-corrected chi connectivity index (χ4v) is 3.42. The van der Waals surface area contributed by atoms with Gasteiger partial charge in [0.2, 0.25) is 0 Å². The number of benzene rings is 2. The van der Waals surface area contributed by atoms with E-state index in [0.717, 1.165) is 6.26 Å². The molecule has 9 nitrogen and oxygen atoms in total. The van der Waals surface area contributed by atoms with Crippen LogP contribution in [0.5, 0.6) is 17.2 Å². The van der Waals surface area contributed by atoms with Gasteiger partial charge >= 0.3 is 16.1 Å². The number of nitrogens with one attached hydrogen (secondary N) is 1. The molecule has 0 aliphatic rings. The molecule has 10 heteroatoms. The van der Waals surface area contributed by atoms with Crippen molar-refractivity contribution >= 4 is 21.8 Å². The van der Waals surface area contributed by atoms with Crippen LogP contribution < -0.4 is 19.0 Å². The van der Waals surface area contributed by atoms with Gasteiger partial charge in [0.15, 0.2) is 11.5 Å². The number of amides is 2. The lowest BCUT2D eigenvalue weighted by Crippen LogP contribution is -2.34. The van der Waals surface area contributed by atoms with E-state index in [2.05, 4.69) is 5.32 Å². The number of urea groups is 1. The number of hydrogen-bond donors (Lipinski definition) is 1. The Hall–Kier alpha value is -3.66. The van der Waals surface area contributed by atoms with Crippen molar-refractivity contribution in [3.63, 3.8) is 0 Å². The maximum absolute atomic E-state index is 13.1. The Morgan fingerprint density at radius 3 is 2.47 bits per heavy atom. The minimum absolute atomic E-state index is 0.0404. The second-order valence-corrected chi connectivity index (χ2v) is 8.45. The summed E-state index contributed by atoms with van der Waals surface area (Å²) in [6.45, 7) is 0.345. The molecule has 2 amide bonds. The minimum atomic E-state index is -3.76. The van der Waals surface area contributed by atoms with Crippen LogP contribution in [-0.4, -0.2) is 39.8 Å². The zero-order valence-electron chi connectivity index (χ0n) is 17.9. The molecule has 1 aromatic heterocycles. The fourth-order valence-electron chi connectivity index (χ4n) is 2.96. The van der Waals surface area contributed by atoms with E-state index >= 15 is 0 Å². The van der Waals surface area contributed by atoms with Crippen LogP contribution in [0.4, 0.5) is 10.5 Å². The molecule has 0 saturated heterocycles. The molecular weight excluding hydrogens is 436 g/mol. The first kappa shape index (κ1) is 23.0. The van der Waals surface area contributed by atoms with E-state index < -0.39 is 10.1 Å². The quantitative estimate of drug-likeness (QED) is 0.483. The number of carbonyl (C=O) groups is 1. The number of ether oxygens (including phenoxy) is 2. The van der Waals surface area contributed by atoms with Crippen molar-refractivity contribution in [1.29, 1.82) is 0 Å². The molecule has 0 aliphatic heterocycles. The predicted octanol–water partition coefficient (Wildman–Crippen LogP) is 3.87. The Balaban J connectivity index is 1.85. The maximum Gasteiger partial charge on any atom is 0.322 e. The number of hydrogen-bond acceptors (Lipinski definition) is 7. The summed E-state index contributed by atoms with van der Waals surface area (Å²) in [6, 6.07) is 14.9. The molecule has 3 rings (SSSR count).